The molecule has 1 heteroatoms. The molecule has 1 fully saturated rings. The normalized spacial score (nSPS) is 22.6. The molecule has 104 valence electrons. The van der Waals surface area contributed by atoms with Gasteiger partial charge in [-0.05, 0) is 48.4 Å². The van der Waals surface area contributed by atoms with E-state index >= 15 is 0 Å². The minimum absolute atomic E-state index is 0.661. The van der Waals surface area contributed by atoms with E-state index in [2.05, 4.69) is 66.8 Å². The highest BCUT2D eigenvalue weighted by atomic mass is 14.9. The Morgan fingerprint density at radius 3 is 2.25 bits per heavy atom. The van der Waals surface area contributed by atoms with Gasteiger partial charge < -0.3 is 5.32 Å². The maximum absolute atomic E-state index is 3.66. The Morgan fingerprint density at radius 2 is 1.60 bits per heavy atom. The number of piperidine rings is 1. The smallest absolute Gasteiger partial charge is 0.0108 e. The highest BCUT2D eigenvalue weighted by molar-refractivity contribution is 5.63. The molecule has 3 rings (SSSR count). The zero-order chi connectivity index (χ0) is 13.8. The Bertz CT molecular complexity index is 521. The second-order valence-corrected chi connectivity index (χ2v) is 6.05. The minimum Gasteiger partial charge on any atom is -0.313 e. The molecule has 0 aromatic heterocycles. The quantitative estimate of drug-likeness (QED) is 0.873. The van der Waals surface area contributed by atoms with Crippen LogP contribution in [0.2, 0.25) is 0 Å². The first-order chi connectivity index (χ1) is 9.81. The third-order valence-electron chi connectivity index (χ3n) is 4.31. The summed E-state index contributed by atoms with van der Waals surface area (Å²) in [5.74, 6) is 0.840. The lowest BCUT2D eigenvalue weighted by Gasteiger charge is -2.27. The summed E-state index contributed by atoms with van der Waals surface area (Å²) in [4.78, 5) is 0. The Kier molecular flexibility index (Phi) is 4.17. The molecule has 0 radical (unpaired) electrons. The van der Waals surface area contributed by atoms with Crippen LogP contribution in [-0.4, -0.2) is 12.6 Å². The largest absolute Gasteiger partial charge is 0.313 e. The molecule has 1 aliphatic rings. The lowest BCUT2D eigenvalue weighted by Crippen LogP contribution is -2.39. The van der Waals surface area contributed by atoms with Crippen molar-refractivity contribution in [3.8, 4) is 11.1 Å². The number of hydrogen-bond donors (Lipinski definition) is 1. The molecule has 2 aromatic rings. The number of hydrogen-bond acceptors (Lipinski definition) is 1. The van der Waals surface area contributed by atoms with E-state index in [4.69, 9.17) is 0 Å². The van der Waals surface area contributed by atoms with Gasteiger partial charge in [-0.3, -0.25) is 0 Å². The van der Waals surface area contributed by atoms with Gasteiger partial charge >= 0.3 is 0 Å². The fraction of sp³-hybridized carbons (Fsp3) is 0.368. The van der Waals surface area contributed by atoms with Gasteiger partial charge in [0, 0.05) is 6.04 Å². The molecule has 20 heavy (non-hydrogen) atoms. The molecule has 1 aliphatic heterocycles. The van der Waals surface area contributed by atoms with Crippen LogP contribution in [0.15, 0.2) is 54.6 Å². The van der Waals surface area contributed by atoms with Gasteiger partial charge in [-0.25, -0.2) is 0 Å². The first kappa shape index (κ1) is 13.4. The van der Waals surface area contributed by atoms with E-state index in [1.165, 1.54) is 36.1 Å². The van der Waals surface area contributed by atoms with Crippen molar-refractivity contribution in [1.82, 2.24) is 5.32 Å². The molecule has 2 unspecified atom stereocenters. The van der Waals surface area contributed by atoms with Gasteiger partial charge in [-0.15, -0.1) is 0 Å². The second-order valence-electron chi connectivity index (χ2n) is 6.05. The van der Waals surface area contributed by atoms with Crippen LogP contribution in [0.3, 0.4) is 0 Å². The molecule has 1 saturated heterocycles. The molecule has 0 spiro atoms. The molecule has 1 heterocycles. The van der Waals surface area contributed by atoms with Crippen LogP contribution in [0.25, 0.3) is 11.1 Å². The fourth-order valence-corrected chi connectivity index (χ4v) is 2.98. The summed E-state index contributed by atoms with van der Waals surface area (Å²) in [7, 11) is 0. The molecule has 1 N–H and O–H groups in total. The first-order valence-electron chi connectivity index (χ1n) is 7.69. The van der Waals surface area contributed by atoms with Crippen LogP contribution in [0.1, 0.15) is 25.3 Å². The Balaban J connectivity index is 1.65. The van der Waals surface area contributed by atoms with Gasteiger partial charge in [0.15, 0.2) is 0 Å². The van der Waals surface area contributed by atoms with E-state index < -0.39 is 0 Å². The summed E-state index contributed by atoms with van der Waals surface area (Å²) in [5, 5.41) is 3.66. The first-order valence-corrected chi connectivity index (χ1v) is 7.69. The lowest BCUT2D eigenvalue weighted by atomic mass is 9.92. The van der Waals surface area contributed by atoms with Gasteiger partial charge in [0.25, 0.3) is 0 Å². The maximum Gasteiger partial charge on any atom is 0.0108 e. The van der Waals surface area contributed by atoms with Crippen molar-refractivity contribution in [2.45, 2.75) is 32.2 Å². The third-order valence-corrected chi connectivity index (χ3v) is 4.31. The van der Waals surface area contributed by atoms with Crippen LogP contribution < -0.4 is 5.32 Å². The molecule has 1 nitrogen and oxygen atoms in total. The Hall–Kier alpha value is -1.60. The minimum atomic E-state index is 0.661. The summed E-state index contributed by atoms with van der Waals surface area (Å²) in [6, 6.07) is 20.3. The zero-order valence-corrected chi connectivity index (χ0v) is 12.2. The van der Waals surface area contributed by atoms with E-state index in [1.54, 1.807) is 0 Å². The van der Waals surface area contributed by atoms with E-state index in [0.29, 0.717) is 6.04 Å². The average Bonchev–Trinajstić information content (AvgIpc) is 2.51. The average molecular weight is 265 g/mol. The van der Waals surface area contributed by atoms with E-state index in [0.717, 1.165) is 12.3 Å². The maximum atomic E-state index is 3.66. The molecule has 2 aromatic carbocycles. The van der Waals surface area contributed by atoms with Crippen molar-refractivity contribution in [2.75, 3.05) is 6.54 Å². The predicted octanol–water partition coefficient (Wildman–Crippen LogP) is 4.28. The molecule has 0 amide bonds. The summed E-state index contributed by atoms with van der Waals surface area (Å²) in [6.07, 6.45) is 3.82. The van der Waals surface area contributed by atoms with Crippen molar-refractivity contribution in [3.63, 3.8) is 0 Å². The van der Waals surface area contributed by atoms with Gasteiger partial charge in [-0.2, -0.15) is 0 Å². The Morgan fingerprint density at radius 1 is 0.900 bits per heavy atom. The monoisotopic (exact) mass is 265 g/mol. The van der Waals surface area contributed by atoms with E-state index in [9.17, 15) is 0 Å². The molecule has 0 aliphatic carbocycles. The van der Waals surface area contributed by atoms with Gasteiger partial charge in [0.05, 0.1) is 0 Å². The topological polar surface area (TPSA) is 12.0 Å². The van der Waals surface area contributed by atoms with Gasteiger partial charge in [-0.1, -0.05) is 61.5 Å². The molecular formula is C19H23N. The van der Waals surface area contributed by atoms with Crippen molar-refractivity contribution in [1.29, 1.82) is 0 Å². The predicted molar refractivity (Wildman–Crippen MR) is 85.8 cm³/mol. The highest BCUT2D eigenvalue weighted by Crippen LogP contribution is 2.21. The van der Waals surface area contributed by atoms with Crippen molar-refractivity contribution >= 4 is 0 Å². The van der Waals surface area contributed by atoms with Crippen molar-refractivity contribution < 1.29 is 0 Å². The van der Waals surface area contributed by atoms with Crippen LogP contribution in [0, 0.1) is 5.92 Å². The molecule has 0 bridgehead atoms. The molecular weight excluding hydrogens is 242 g/mol. The van der Waals surface area contributed by atoms with Crippen LogP contribution >= 0.6 is 0 Å². The van der Waals surface area contributed by atoms with Crippen molar-refractivity contribution in [2.24, 2.45) is 5.92 Å². The summed E-state index contributed by atoms with van der Waals surface area (Å²) in [5.41, 5.74) is 4.04. The number of benzene rings is 2. The van der Waals surface area contributed by atoms with Crippen LogP contribution in [0.4, 0.5) is 0 Å². The lowest BCUT2D eigenvalue weighted by molar-refractivity contribution is 0.326. The zero-order valence-electron chi connectivity index (χ0n) is 12.2. The second kappa shape index (κ2) is 6.23. The van der Waals surface area contributed by atoms with Crippen molar-refractivity contribution in [3.05, 3.63) is 60.2 Å². The van der Waals surface area contributed by atoms with E-state index in [1.807, 2.05) is 0 Å². The van der Waals surface area contributed by atoms with E-state index in [-0.39, 0.29) is 0 Å². The Labute approximate surface area is 122 Å². The number of rotatable bonds is 3. The highest BCUT2D eigenvalue weighted by Gasteiger charge is 2.17. The molecule has 0 saturated carbocycles. The van der Waals surface area contributed by atoms with Crippen LogP contribution in [0.5, 0.6) is 0 Å². The fourth-order valence-electron chi connectivity index (χ4n) is 2.98. The summed E-state index contributed by atoms with van der Waals surface area (Å²) >= 11 is 0. The standard InChI is InChI=1S/C19H23N/c1-15-7-12-19(20-14-15)13-16-8-10-18(11-9-16)17-5-3-2-4-6-17/h2-6,8-11,15,19-20H,7,12-14H2,1H3. The van der Waals surface area contributed by atoms with Gasteiger partial charge in [0.2, 0.25) is 0 Å². The summed E-state index contributed by atoms with van der Waals surface area (Å²) in [6.45, 7) is 3.50. The van der Waals surface area contributed by atoms with Crippen LogP contribution in [-0.2, 0) is 6.42 Å². The molecule has 2 atom stereocenters. The SMILES string of the molecule is CC1CCC(Cc2ccc(-c3ccccc3)cc2)NC1. The summed E-state index contributed by atoms with van der Waals surface area (Å²) < 4.78 is 0. The third kappa shape index (κ3) is 3.29. The number of nitrogens with one attached hydrogen (secondary N) is 1. The van der Waals surface area contributed by atoms with Gasteiger partial charge in [0.1, 0.15) is 0 Å².